The third-order valence-electron chi connectivity index (χ3n) is 4.74. The number of benzene rings is 1. The highest BCUT2D eigenvalue weighted by atomic mass is 32.1. The Morgan fingerprint density at radius 3 is 2.69 bits per heavy atom. The van der Waals surface area contributed by atoms with E-state index in [4.69, 9.17) is 13.9 Å². The maximum Gasteiger partial charge on any atom is 0.229 e. The van der Waals surface area contributed by atoms with Crippen LogP contribution < -0.4 is 10.2 Å². The molecule has 3 aromatic rings. The van der Waals surface area contributed by atoms with Crippen molar-refractivity contribution in [3.05, 3.63) is 45.1 Å². The maximum atomic E-state index is 12.8. The number of aromatic nitrogens is 1. The number of hydrogen-bond acceptors (Lipinski definition) is 10. The van der Waals surface area contributed by atoms with Crippen molar-refractivity contribution in [3.8, 4) is 17.0 Å². The van der Waals surface area contributed by atoms with Gasteiger partial charge in [0.25, 0.3) is 0 Å². The van der Waals surface area contributed by atoms with Gasteiger partial charge >= 0.3 is 0 Å². The topological polar surface area (TPSA) is 142 Å². The van der Waals surface area contributed by atoms with Crippen molar-refractivity contribution in [3.63, 3.8) is 0 Å². The van der Waals surface area contributed by atoms with Gasteiger partial charge in [-0.25, -0.2) is 4.98 Å². The number of rotatable bonds is 4. The van der Waals surface area contributed by atoms with Crippen LogP contribution in [0.5, 0.6) is 5.75 Å². The molecule has 9 nitrogen and oxygen atoms in total. The van der Waals surface area contributed by atoms with E-state index in [9.17, 15) is 25.2 Å². The van der Waals surface area contributed by atoms with Crippen molar-refractivity contribution in [1.29, 1.82) is 0 Å². The molecule has 1 saturated heterocycles. The van der Waals surface area contributed by atoms with Gasteiger partial charge in [-0.2, -0.15) is 0 Å². The SMILES string of the molecule is Cc1nc(-c2coc3cc(OC4OC(CO)C(O)C(O)C4O)ccc3c2=O)cs1. The summed E-state index contributed by atoms with van der Waals surface area (Å²) in [7, 11) is 0. The first-order chi connectivity index (χ1) is 13.9. The Hall–Kier alpha value is -2.34. The highest BCUT2D eigenvalue weighted by Gasteiger charge is 2.44. The van der Waals surface area contributed by atoms with E-state index in [-0.39, 0.29) is 16.8 Å². The summed E-state index contributed by atoms with van der Waals surface area (Å²) in [5, 5.41) is 42.0. The predicted octanol–water partition coefficient (Wildman–Crippen LogP) is 0.404. The second kappa shape index (κ2) is 7.82. The molecule has 4 rings (SSSR count). The fraction of sp³-hybridized carbons (Fsp3) is 0.368. The number of aliphatic hydroxyl groups is 4. The van der Waals surface area contributed by atoms with Gasteiger partial charge in [-0.1, -0.05) is 0 Å². The van der Waals surface area contributed by atoms with Crippen LogP contribution in [0.25, 0.3) is 22.2 Å². The first-order valence-electron chi connectivity index (χ1n) is 8.84. The van der Waals surface area contributed by atoms with Crippen molar-refractivity contribution in [1.82, 2.24) is 4.98 Å². The number of aliphatic hydroxyl groups excluding tert-OH is 4. The van der Waals surface area contributed by atoms with Crippen molar-refractivity contribution >= 4 is 22.3 Å². The summed E-state index contributed by atoms with van der Waals surface area (Å²) < 4.78 is 16.5. The standard InChI is InChI=1S/C19H19NO8S/c1-8-20-12(7-29-8)11-6-26-13-4-9(2-3-10(13)15(11)22)27-19-18(25)17(24)16(23)14(5-21)28-19/h2-4,6-7,14,16-19,21,23-25H,5H2,1H3. The minimum absolute atomic E-state index is 0.210. The molecule has 0 aliphatic carbocycles. The molecular weight excluding hydrogens is 402 g/mol. The van der Waals surface area contributed by atoms with Crippen LogP contribution in [-0.2, 0) is 4.74 Å². The quantitative estimate of drug-likeness (QED) is 0.471. The summed E-state index contributed by atoms with van der Waals surface area (Å²) in [6, 6.07) is 4.47. The second-order valence-corrected chi connectivity index (χ2v) is 7.77. The number of nitrogens with zero attached hydrogens (tertiary/aromatic N) is 1. The lowest BCUT2D eigenvalue weighted by Gasteiger charge is -2.39. The van der Waals surface area contributed by atoms with Crippen molar-refractivity contribution in [2.45, 2.75) is 37.6 Å². The fourth-order valence-corrected chi connectivity index (χ4v) is 3.76. The number of hydrogen-bond donors (Lipinski definition) is 4. The van der Waals surface area contributed by atoms with E-state index in [1.165, 1.54) is 35.8 Å². The van der Waals surface area contributed by atoms with E-state index in [0.29, 0.717) is 16.6 Å². The molecule has 10 heteroatoms. The van der Waals surface area contributed by atoms with E-state index in [0.717, 1.165) is 5.01 Å². The molecule has 0 radical (unpaired) electrons. The number of aryl methyl sites for hydroxylation is 1. The van der Waals surface area contributed by atoms with Crippen LogP contribution in [0.3, 0.4) is 0 Å². The molecule has 29 heavy (non-hydrogen) atoms. The molecular formula is C19H19NO8S. The van der Waals surface area contributed by atoms with Gasteiger partial charge in [0.15, 0.2) is 0 Å². The van der Waals surface area contributed by atoms with Gasteiger partial charge in [-0.05, 0) is 19.1 Å². The summed E-state index contributed by atoms with van der Waals surface area (Å²) >= 11 is 1.43. The molecule has 0 spiro atoms. The van der Waals surface area contributed by atoms with Gasteiger partial charge in [-0.3, -0.25) is 4.79 Å². The summed E-state index contributed by atoms with van der Waals surface area (Å²) in [6.45, 7) is 1.29. The average molecular weight is 421 g/mol. The average Bonchev–Trinajstić information content (AvgIpc) is 3.14. The molecule has 4 N–H and O–H groups in total. The zero-order valence-electron chi connectivity index (χ0n) is 15.3. The fourth-order valence-electron chi connectivity index (χ4n) is 3.14. The molecule has 5 unspecified atom stereocenters. The summed E-state index contributed by atoms with van der Waals surface area (Å²) in [4.78, 5) is 17.1. The Morgan fingerprint density at radius 1 is 1.21 bits per heavy atom. The van der Waals surface area contributed by atoms with Gasteiger partial charge in [0.2, 0.25) is 11.7 Å². The molecule has 154 valence electrons. The zero-order chi connectivity index (χ0) is 20.7. The Kier molecular flexibility index (Phi) is 5.38. The van der Waals surface area contributed by atoms with Gasteiger partial charge in [-0.15, -0.1) is 11.3 Å². The smallest absolute Gasteiger partial charge is 0.229 e. The first kappa shape index (κ1) is 20.0. The minimum atomic E-state index is -1.55. The van der Waals surface area contributed by atoms with Crippen LogP contribution in [0.2, 0.25) is 0 Å². The zero-order valence-corrected chi connectivity index (χ0v) is 16.1. The van der Waals surface area contributed by atoms with Gasteiger partial charge in [0.1, 0.15) is 42.0 Å². The molecule has 1 aromatic carbocycles. The Bertz CT molecular complexity index is 1080. The molecule has 0 amide bonds. The summed E-state index contributed by atoms with van der Waals surface area (Å²) in [5.41, 5.74) is 0.915. The number of fused-ring (bicyclic) bond motifs is 1. The van der Waals surface area contributed by atoms with Crippen LogP contribution in [0, 0.1) is 6.92 Å². The van der Waals surface area contributed by atoms with E-state index < -0.39 is 37.3 Å². The molecule has 0 saturated carbocycles. The molecule has 0 bridgehead atoms. The van der Waals surface area contributed by atoms with Gasteiger partial charge < -0.3 is 34.3 Å². The molecule has 5 atom stereocenters. The predicted molar refractivity (Wildman–Crippen MR) is 103 cm³/mol. The van der Waals surface area contributed by atoms with E-state index >= 15 is 0 Å². The summed E-state index contributed by atoms with van der Waals surface area (Å²) in [6.07, 6.45) is -5.64. The van der Waals surface area contributed by atoms with Gasteiger partial charge in [0, 0.05) is 11.4 Å². The normalized spacial score (nSPS) is 27.3. The molecule has 1 aliphatic heterocycles. The van der Waals surface area contributed by atoms with E-state index in [1.807, 2.05) is 6.92 Å². The van der Waals surface area contributed by atoms with E-state index in [2.05, 4.69) is 4.98 Å². The largest absolute Gasteiger partial charge is 0.463 e. The number of ether oxygens (including phenoxy) is 2. The molecule has 2 aromatic heterocycles. The maximum absolute atomic E-state index is 12.8. The van der Waals surface area contributed by atoms with Crippen LogP contribution in [0.15, 0.2) is 39.1 Å². The Balaban J connectivity index is 1.62. The Labute approximate surface area is 168 Å². The third kappa shape index (κ3) is 3.66. The van der Waals surface area contributed by atoms with E-state index in [1.54, 1.807) is 5.38 Å². The van der Waals surface area contributed by atoms with Gasteiger partial charge in [0.05, 0.1) is 28.3 Å². The highest BCUT2D eigenvalue weighted by molar-refractivity contribution is 7.09. The molecule has 3 heterocycles. The lowest BCUT2D eigenvalue weighted by molar-refractivity contribution is -0.277. The second-order valence-electron chi connectivity index (χ2n) is 6.70. The Morgan fingerprint density at radius 2 is 2.00 bits per heavy atom. The minimum Gasteiger partial charge on any atom is -0.463 e. The molecule has 1 fully saturated rings. The van der Waals surface area contributed by atoms with Crippen LogP contribution in [0.4, 0.5) is 0 Å². The lowest BCUT2D eigenvalue weighted by atomic mass is 9.99. The number of thiazole rings is 1. The van der Waals surface area contributed by atoms with Crippen molar-refractivity contribution < 1.29 is 34.3 Å². The van der Waals surface area contributed by atoms with Crippen LogP contribution in [0.1, 0.15) is 5.01 Å². The van der Waals surface area contributed by atoms with Crippen molar-refractivity contribution in [2.24, 2.45) is 0 Å². The first-order valence-corrected chi connectivity index (χ1v) is 9.72. The highest BCUT2D eigenvalue weighted by Crippen LogP contribution is 2.27. The van der Waals surface area contributed by atoms with Crippen LogP contribution in [-0.4, -0.2) is 62.7 Å². The molecule has 1 aliphatic rings. The third-order valence-corrected chi connectivity index (χ3v) is 5.52. The monoisotopic (exact) mass is 421 g/mol. The summed E-state index contributed by atoms with van der Waals surface area (Å²) in [5.74, 6) is 0.210. The van der Waals surface area contributed by atoms with Crippen LogP contribution >= 0.6 is 11.3 Å². The van der Waals surface area contributed by atoms with Crippen molar-refractivity contribution in [2.75, 3.05) is 6.61 Å². The lowest BCUT2D eigenvalue weighted by Crippen LogP contribution is -2.60.